The highest BCUT2D eigenvalue weighted by molar-refractivity contribution is 5.21. The van der Waals surface area contributed by atoms with Crippen molar-refractivity contribution in [3.8, 4) is 0 Å². The Morgan fingerprint density at radius 3 is 2.10 bits per heavy atom. The summed E-state index contributed by atoms with van der Waals surface area (Å²) in [5, 5.41) is 0. The lowest BCUT2D eigenvalue weighted by molar-refractivity contribution is 0.456. The molecule has 0 bridgehead atoms. The van der Waals surface area contributed by atoms with E-state index in [2.05, 4.69) is 74.5 Å². The second-order valence-corrected chi connectivity index (χ2v) is 5.73. The van der Waals surface area contributed by atoms with Gasteiger partial charge in [0.15, 0.2) is 0 Å². The fourth-order valence-electron chi connectivity index (χ4n) is 2.67. The number of hydrogen-bond acceptors (Lipinski definition) is 0. The van der Waals surface area contributed by atoms with Gasteiger partial charge < -0.3 is 0 Å². The maximum atomic E-state index is 4.35. The second-order valence-electron chi connectivity index (χ2n) is 5.73. The molecule has 0 N–H and O–H groups in total. The van der Waals surface area contributed by atoms with Gasteiger partial charge in [-0.05, 0) is 42.7 Å². The first-order valence-corrected chi connectivity index (χ1v) is 7.69. The number of rotatable bonds is 7. The van der Waals surface area contributed by atoms with Crippen LogP contribution in [-0.4, -0.2) is 0 Å². The van der Waals surface area contributed by atoms with Gasteiger partial charge >= 0.3 is 0 Å². The van der Waals surface area contributed by atoms with Crippen LogP contribution in [-0.2, 0) is 6.42 Å². The molecule has 2 atom stereocenters. The van der Waals surface area contributed by atoms with Crippen molar-refractivity contribution in [2.24, 2.45) is 5.92 Å². The van der Waals surface area contributed by atoms with Gasteiger partial charge in [-0.2, -0.15) is 0 Å². The van der Waals surface area contributed by atoms with E-state index in [1.165, 1.54) is 36.8 Å². The molecule has 0 heterocycles. The molecule has 20 heavy (non-hydrogen) atoms. The third-order valence-electron chi connectivity index (χ3n) is 4.13. The van der Waals surface area contributed by atoms with Crippen LogP contribution in [0.5, 0.6) is 0 Å². The van der Waals surface area contributed by atoms with Crippen molar-refractivity contribution in [3.05, 3.63) is 78.7 Å². The van der Waals surface area contributed by atoms with Gasteiger partial charge in [-0.3, -0.25) is 0 Å². The quantitative estimate of drug-likeness (QED) is 0.567. The molecule has 0 aliphatic heterocycles. The highest BCUT2D eigenvalue weighted by atomic mass is 14.2. The topological polar surface area (TPSA) is 0 Å². The molecule has 0 fully saturated rings. The first kappa shape index (κ1) is 14.8. The second kappa shape index (κ2) is 7.89. The van der Waals surface area contributed by atoms with Crippen molar-refractivity contribution in [2.45, 2.75) is 38.5 Å². The molecule has 0 aliphatic rings. The van der Waals surface area contributed by atoms with E-state index in [0.717, 1.165) is 0 Å². The Labute approximate surface area is 123 Å². The van der Waals surface area contributed by atoms with Gasteiger partial charge in [0.1, 0.15) is 0 Å². The van der Waals surface area contributed by atoms with Crippen molar-refractivity contribution in [1.29, 1.82) is 0 Å². The van der Waals surface area contributed by atoms with Crippen molar-refractivity contribution in [2.75, 3.05) is 0 Å². The van der Waals surface area contributed by atoms with E-state index < -0.39 is 0 Å². The van der Waals surface area contributed by atoms with Gasteiger partial charge in [0.25, 0.3) is 0 Å². The SMILES string of the molecule is [CH2]C(c1ccccc1)C(C)CCCCc1ccccc1. The number of hydrogen-bond donors (Lipinski definition) is 0. The summed E-state index contributed by atoms with van der Waals surface area (Å²) in [5.41, 5.74) is 2.82. The van der Waals surface area contributed by atoms with Crippen LogP contribution in [0.2, 0.25) is 0 Å². The summed E-state index contributed by atoms with van der Waals surface area (Å²) in [5.74, 6) is 1.06. The Bertz CT molecular complexity index is 472. The summed E-state index contributed by atoms with van der Waals surface area (Å²) in [7, 11) is 0. The summed E-state index contributed by atoms with van der Waals surface area (Å²) in [6, 6.07) is 21.4. The molecule has 0 saturated heterocycles. The van der Waals surface area contributed by atoms with Crippen LogP contribution in [0.25, 0.3) is 0 Å². The van der Waals surface area contributed by atoms with E-state index in [1.807, 2.05) is 0 Å². The molecule has 0 amide bonds. The molecule has 105 valence electrons. The molecule has 0 aromatic heterocycles. The zero-order chi connectivity index (χ0) is 14.2. The lowest BCUT2D eigenvalue weighted by Crippen LogP contribution is -2.06. The third kappa shape index (κ3) is 4.52. The third-order valence-corrected chi connectivity index (χ3v) is 4.13. The van der Waals surface area contributed by atoms with E-state index in [4.69, 9.17) is 0 Å². The minimum Gasteiger partial charge on any atom is -0.0622 e. The van der Waals surface area contributed by atoms with Gasteiger partial charge in [-0.15, -0.1) is 0 Å². The van der Waals surface area contributed by atoms with Crippen LogP contribution >= 0.6 is 0 Å². The predicted molar refractivity (Wildman–Crippen MR) is 87.7 cm³/mol. The van der Waals surface area contributed by atoms with Crippen LogP contribution in [0.1, 0.15) is 43.2 Å². The fraction of sp³-hybridized carbons (Fsp3) is 0.350. The highest BCUT2D eigenvalue weighted by Gasteiger charge is 2.13. The molecule has 0 heteroatoms. The maximum absolute atomic E-state index is 4.35. The number of aryl methyl sites for hydroxylation is 1. The first-order chi connectivity index (χ1) is 9.77. The van der Waals surface area contributed by atoms with Crippen molar-refractivity contribution in [3.63, 3.8) is 0 Å². The predicted octanol–water partition coefficient (Wildman–Crippen LogP) is 5.65. The van der Waals surface area contributed by atoms with Gasteiger partial charge in [0.05, 0.1) is 0 Å². The van der Waals surface area contributed by atoms with E-state index in [1.54, 1.807) is 0 Å². The fourth-order valence-corrected chi connectivity index (χ4v) is 2.67. The van der Waals surface area contributed by atoms with E-state index >= 15 is 0 Å². The van der Waals surface area contributed by atoms with Crippen LogP contribution in [0, 0.1) is 12.8 Å². The molecule has 2 rings (SSSR count). The lowest BCUT2D eigenvalue weighted by Gasteiger charge is -2.20. The lowest BCUT2D eigenvalue weighted by atomic mass is 9.85. The average Bonchev–Trinajstić information content (AvgIpc) is 2.52. The normalized spacial score (nSPS) is 13.9. The molecule has 0 nitrogen and oxygen atoms in total. The molecule has 0 spiro atoms. The van der Waals surface area contributed by atoms with Crippen LogP contribution in [0.15, 0.2) is 60.7 Å². The standard InChI is InChI=1S/C20H25/c1-17(18(2)20-15-7-4-8-16-20)11-9-10-14-19-12-5-3-6-13-19/h3-8,12-13,15-18H,2,9-11,14H2,1H3. The Morgan fingerprint density at radius 1 is 0.850 bits per heavy atom. The van der Waals surface area contributed by atoms with Gasteiger partial charge in [-0.25, -0.2) is 0 Å². The summed E-state index contributed by atoms with van der Waals surface area (Å²) < 4.78 is 0. The van der Waals surface area contributed by atoms with Crippen LogP contribution in [0.3, 0.4) is 0 Å². The Morgan fingerprint density at radius 2 is 1.45 bits per heavy atom. The van der Waals surface area contributed by atoms with Gasteiger partial charge in [-0.1, -0.05) is 80.4 Å². The average molecular weight is 265 g/mol. The molecule has 2 aromatic rings. The largest absolute Gasteiger partial charge is 0.0622 e. The van der Waals surface area contributed by atoms with Crippen LogP contribution in [0.4, 0.5) is 0 Å². The summed E-state index contributed by atoms with van der Waals surface area (Å²) in [4.78, 5) is 0. The summed E-state index contributed by atoms with van der Waals surface area (Å²) in [6.07, 6.45) is 5.02. The van der Waals surface area contributed by atoms with E-state index in [-0.39, 0.29) is 0 Å². The van der Waals surface area contributed by atoms with Crippen molar-refractivity contribution >= 4 is 0 Å². The van der Waals surface area contributed by atoms with Crippen molar-refractivity contribution in [1.82, 2.24) is 0 Å². The zero-order valence-corrected chi connectivity index (χ0v) is 12.5. The zero-order valence-electron chi connectivity index (χ0n) is 12.5. The number of benzene rings is 2. The van der Waals surface area contributed by atoms with Crippen molar-refractivity contribution < 1.29 is 0 Å². The highest BCUT2D eigenvalue weighted by Crippen LogP contribution is 2.27. The number of unbranched alkanes of at least 4 members (excludes halogenated alkanes) is 1. The Hall–Kier alpha value is -1.56. The molecule has 1 radical (unpaired) electrons. The van der Waals surface area contributed by atoms with Gasteiger partial charge in [0, 0.05) is 0 Å². The Balaban J connectivity index is 1.71. The van der Waals surface area contributed by atoms with E-state index in [0.29, 0.717) is 11.8 Å². The molecule has 2 aromatic carbocycles. The molecule has 0 saturated carbocycles. The van der Waals surface area contributed by atoms with E-state index in [9.17, 15) is 0 Å². The maximum Gasteiger partial charge on any atom is -0.0136 e. The molecular weight excluding hydrogens is 240 g/mol. The van der Waals surface area contributed by atoms with Crippen LogP contribution < -0.4 is 0 Å². The smallest absolute Gasteiger partial charge is 0.0136 e. The molecule has 0 aliphatic carbocycles. The Kier molecular flexibility index (Phi) is 5.86. The first-order valence-electron chi connectivity index (χ1n) is 7.69. The molecular formula is C20H25. The van der Waals surface area contributed by atoms with Gasteiger partial charge in [0.2, 0.25) is 0 Å². The summed E-state index contributed by atoms with van der Waals surface area (Å²) in [6.45, 7) is 6.67. The monoisotopic (exact) mass is 265 g/mol. The minimum atomic E-state index is 0.410. The molecule has 2 unspecified atom stereocenters. The minimum absolute atomic E-state index is 0.410. The summed E-state index contributed by atoms with van der Waals surface area (Å²) >= 11 is 0.